The molecular formula is C15H17ClN2O. The Morgan fingerprint density at radius 1 is 1.05 bits per heavy atom. The highest BCUT2D eigenvalue weighted by atomic mass is 35.5. The van der Waals surface area contributed by atoms with Gasteiger partial charge in [-0.25, -0.2) is 0 Å². The Hall–Kier alpha value is -1.84. The van der Waals surface area contributed by atoms with E-state index in [1.807, 2.05) is 49.4 Å². The summed E-state index contributed by atoms with van der Waals surface area (Å²) in [7, 11) is 0. The third-order valence-electron chi connectivity index (χ3n) is 2.73. The zero-order chi connectivity index (χ0) is 13.0. The highest BCUT2D eigenvalue weighted by Crippen LogP contribution is 2.13. The van der Waals surface area contributed by atoms with E-state index in [1.165, 1.54) is 0 Å². The number of hydrogen-bond acceptors (Lipinski definition) is 2. The minimum absolute atomic E-state index is 0. The lowest BCUT2D eigenvalue weighted by molar-refractivity contribution is 0.102. The molecule has 0 fully saturated rings. The largest absolute Gasteiger partial charge is 0.324 e. The number of carbonyl (C=O) groups is 1. The number of rotatable bonds is 3. The fourth-order valence-corrected chi connectivity index (χ4v) is 1.66. The van der Waals surface area contributed by atoms with Crippen LogP contribution < -0.4 is 11.1 Å². The number of anilines is 1. The maximum Gasteiger partial charge on any atom is 0.255 e. The second kappa shape index (κ2) is 6.92. The van der Waals surface area contributed by atoms with Crippen LogP contribution in [0.15, 0.2) is 54.6 Å². The first-order valence-electron chi connectivity index (χ1n) is 5.89. The van der Waals surface area contributed by atoms with E-state index in [-0.39, 0.29) is 24.4 Å². The minimum atomic E-state index is -0.113. The average molecular weight is 277 g/mol. The summed E-state index contributed by atoms with van der Waals surface area (Å²) in [6.45, 7) is 1.92. The van der Waals surface area contributed by atoms with Gasteiger partial charge in [0.2, 0.25) is 0 Å². The number of nitrogens with two attached hydrogens (primary N) is 1. The van der Waals surface area contributed by atoms with Crippen LogP contribution in [-0.2, 0) is 0 Å². The van der Waals surface area contributed by atoms with E-state index in [0.717, 1.165) is 11.3 Å². The predicted octanol–water partition coefficient (Wildman–Crippen LogP) is 3.38. The van der Waals surface area contributed by atoms with Crippen molar-refractivity contribution in [3.05, 3.63) is 65.7 Å². The van der Waals surface area contributed by atoms with E-state index in [1.54, 1.807) is 12.1 Å². The van der Waals surface area contributed by atoms with Gasteiger partial charge in [-0.3, -0.25) is 4.79 Å². The quantitative estimate of drug-likeness (QED) is 0.903. The van der Waals surface area contributed by atoms with Crippen LogP contribution in [0.4, 0.5) is 5.69 Å². The second-order valence-corrected chi connectivity index (χ2v) is 4.23. The lowest BCUT2D eigenvalue weighted by Crippen LogP contribution is -2.12. The maximum atomic E-state index is 12.0. The van der Waals surface area contributed by atoms with Gasteiger partial charge in [0.1, 0.15) is 0 Å². The first kappa shape index (κ1) is 15.2. The summed E-state index contributed by atoms with van der Waals surface area (Å²) in [5, 5.41) is 2.84. The van der Waals surface area contributed by atoms with Crippen LogP contribution in [0, 0.1) is 0 Å². The van der Waals surface area contributed by atoms with Crippen molar-refractivity contribution in [1.29, 1.82) is 0 Å². The zero-order valence-corrected chi connectivity index (χ0v) is 11.5. The van der Waals surface area contributed by atoms with Crippen molar-refractivity contribution in [2.75, 3.05) is 5.32 Å². The van der Waals surface area contributed by atoms with Gasteiger partial charge in [-0.2, -0.15) is 0 Å². The molecule has 0 saturated carbocycles. The van der Waals surface area contributed by atoms with Crippen LogP contribution in [0.3, 0.4) is 0 Å². The molecule has 0 bridgehead atoms. The van der Waals surface area contributed by atoms with Gasteiger partial charge < -0.3 is 11.1 Å². The fraction of sp³-hybridized carbons (Fsp3) is 0.133. The second-order valence-electron chi connectivity index (χ2n) is 4.23. The smallest absolute Gasteiger partial charge is 0.255 e. The van der Waals surface area contributed by atoms with Crippen LogP contribution in [0.1, 0.15) is 28.9 Å². The Kier molecular flexibility index (Phi) is 5.55. The molecule has 2 aromatic rings. The third-order valence-corrected chi connectivity index (χ3v) is 2.73. The lowest BCUT2D eigenvalue weighted by atomic mass is 10.1. The van der Waals surface area contributed by atoms with Gasteiger partial charge in [0.05, 0.1) is 0 Å². The van der Waals surface area contributed by atoms with Crippen molar-refractivity contribution in [3.8, 4) is 0 Å². The zero-order valence-electron chi connectivity index (χ0n) is 10.7. The van der Waals surface area contributed by atoms with Crippen LogP contribution in [0.5, 0.6) is 0 Å². The van der Waals surface area contributed by atoms with Gasteiger partial charge in [-0.15, -0.1) is 12.4 Å². The van der Waals surface area contributed by atoms with Gasteiger partial charge in [0.15, 0.2) is 0 Å². The molecule has 0 heterocycles. The molecule has 0 aliphatic carbocycles. The fourth-order valence-electron chi connectivity index (χ4n) is 1.66. The molecule has 0 aliphatic rings. The summed E-state index contributed by atoms with van der Waals surface area (Å²) in [4.78, 5) is 12.0. The van der Waals surface area contributed by atoms with Crippen LogP contribution in [-0.4, -0.2) is 5.91 Å². The molecule has 0 aromatic heterocycles. The number of para-hydroxylation sites is 1. The first-order valence-corrected chi connectivity index (χ1v) is 5.89. The van der Waals surface area contributed by atoms with E-state index in [9.17, 15) is 4.79 Å². The van der Waals surface area contributed by atoms with Crippen LogP contribution >= 0.6 is 12.4 Å². The Morgan fingerprint density at radius 3 is 2.16 bits per heavy atom. The molecule has 0 radical (unpaired) electrons. The number of hydrogen-bond donors (Lipinski definition) is 2. The lowest BCUT2D eigenvalue weighted by Gasteiger charge is -2.08. The van der Waals surface area contributed by atoms with E-state index >= 15 is 0 Å². The third kappa shape index (κ3) is 4.09. The highest BCUT2D eigenvalue weighted by molar-refractivity contribution is 6.04. The summed E-state index contributed by atoms with van der Waals surface area (Å²) < 4.78 is 0. The molecule has 100 valence electrons. The van der Waals surface area contributed by atoms with Gasteiger partial charge >= 0.3 is 0 Å². The predicted molar refractivity (Wildman–Crippen MR) is 80.7 cm³/mol. The normalized spacial score (nSPS) is 11.3. The molecule has 0 spiro atoms. The van der Waals surface area contributed by atoms with Gasteiger partial charge in [0.25, 0.3) is 5.91 Å². The van der Waals surface area contributed by atoms with Gasteiger partial charge in [-0.1, -0.05) is 30.3 Å². The van der Waals surface area contributed by atoms with Crippen molar-refractivity contribution in [2.24, 2.45) is 5.73 Å². The molecule has 1 atom stereocenters. The minimum Gasteiger partial charge on any atom is -0.324 e. The number of benzene rings is 2. The molecule has 2 aromatic carbocycles. The molecular weight excluding hydrogens is 260 g/mol. The van der Waals surface area contributed by atoms with Crippen LogP contribution in [0.25, 0.3) is 0 Å². The molecule has 4 heteroatoms. The summed E-state index contributed by atoms with van der Waals surface area (Å²) >= 11 is 0. The Morgan fingerprint density at radius 2 is 1.63 bits per heavy atom. The standard InChI is InChI=1S/C15H16N2O.ClH/c1-11(16)12-7-9-13(10-8-12)15(18)17-14-5-3-2-4-6-14;/h2-11H,16H2,1H3,(H,17,18);1H. The van der Waals surface area contributed by atoms with Crippen molar-refractivity contribution in [3.63, 3.8) is 0 Å². The molecule has 3 nitrogen and oxygen atoms in total. The summed E-state index contributed by atoms with van der Waals surface area (Å²) in [5.74, 6) is -0.113. The van der Waals surface area contributed by atoms with Crippen molar-refractivity contribution >= 4 is 24.0 Å². The topological polar surface area (TPSA) is 55.1 Å². The van der Waals surface area contributed by atoms with Crippen LogP contribution in [0.2, 0.25) is 0 Å². The number of nitrogens with one attached hydrogen (secondary N) is 1. The molecule has 19 heavy (non-hydrogen) atoms. The Balaban J connectivity index is 0.00000180. The molecule has 0 aliphatic heterocycles. The van der Waals surface area contributed by atoms with E-state index in [0.29, 0.717) is 5.56 Å². The number of halogens is 1. The van der Waals surface area contributed by atoms with E-state index < -0.39 is 0 Å². The van der Waals surface area contributed by atoms with Crippen molar-refractivity contribution in [1.82, 2.24) is 0 Å². The van der Waals surface area contributed by atoms with Gasteiger partial charge in [0, 0.05) is 17.3 Å². The number of carbonyl (C=O) groups excluding carboxylic acids is 1. The maximum absolute atomic E-state index is 12.0. The Bertz CT molecular complexity index is 524. The van der Waals surface area contributed by atoms with Crippen molar-refractivity contribution < 1.29 is 4.79 Å². The molecule has 2 rings (SSSR count). The monoisotopic (exact) mass is 276 g/mol. The molecule has 0 saturated heterocycles. The van der Waals surface area contributed by atoms with E-state index in [2.05, 4.69) is 5.32 Å². The van der Waals surface area contributed by atoms with E-state index in [4.69, 9.17) is 5.73 Å². The average Bonchev–Trinajstić information content (AvgIpc) is 2.40. The summed E-state index contributed by atoms with van der Waals surface area (Å²) in [5.41, 5.74) is 8.20. The highest BCUT2D eigenvalue weighted by Gasteiger charge is 2.06. The molecule has 1 amide bonds. The first-order chi connectivity index (χ1) is 8.66. The summed E-state index contributed by atoms with van der Waals surface area (Å²) in [6.07, 6.45) is 0. The Labute approximate surface area is 119 Å². The van der Waals surface area contributed by atoms with Gasteiger partial charge in [-0.05, 0) is 36.8 Å². The summed E-state index contributed by atoms with van der Waals surface area (Å²) in [6, 6.07) is 16.7. The SMILES string of the molecule is CC(N)c1ccc(C(=O)Nc2ccccc2)cc1.Cl. The molecule has 1 unspecified atom stereocenters. The molecule has 3 N–H and O–H groups in total. The number of amides is 1. The van der Waals surface area contributed by atoms with Crippen molar-refractivity contribution in [2.45, 2.75) is 13.0 Å².